The predicted molar refractivity (Wildman–Crippen MR) is 115 cm³/mol. The minimum atomic E-state index is -0.574. The molecule has 0 bridgehead atoms. The van der Waals surface area contributed by atoms with Crippen molar-refractivity contribution < 1.29 is 23.8 Å². The number of aliphatic hydroxyl groups excluding tert-OH is 1. The molecule has 1 heterocycles. The van der Waals surface area contributed by atoms with Gasteiger partial charge in [-0.15, -0.1) is 0 Å². The quantitative estimate of drug-likeness (QED) is 0.661. The molecule has 1 aromatic rings. The number of carbonyl (C=O) groups excluding carboxylic acids is 1. The Morgan fingerprint density at radius 2 is 2.00 bits per heavy atom. The van der Waals surface area contributed by atoms with Gasteiger partial charge in [0.05, 0.1) is 31.0 Å². The van der Waals surface area contributed by atoms with Crippen LogP contribution in [0.3, 0.4) is 0 Å². The van der Waals surface area contributed by atoms with E-state index in [1.54, 1.807) is 4.90 Å². The maximum Gasteiger partial charge on any atom is 0.253 e. The number of amides is 1. The fourth-order valence-electron chi connectivity index (χ4n) is 3.46. The van der Waals surface area contributed by atoms with Crippen molar-refractivity contribution in [3.8, 4) is 0 Å². The third-order valence-corrected chi connectivity index (χ3v) is 4.79. The lowest BCUT2D eigenvalue weighted by atomic mass is 10.1. The first-order chi connectivity index (χ1) is 14.0. The van der Waals surface area contributed by atoms with Crippen LogP contribution in [0.1, 0.15) is 45.0 Å². The molecule has 2 rings (SSSR count). The van der Waals surface area contributed by atoms with Crippen molar-refractivity contribution in [2.24, 2.45) is 5.92 Å². The summed E-state index contributed by atoms with van der Waals surface area (Å²) < 4.78 is 24.8. The summed E-state index contributed by atoms with van der Waals surface area (Å²) in [7, 11) is 0. The van der Waals surface area contributed by atoms with Crippen LogP contribution in [0.2, 0.25) is 0 Å². The van der Waals surface area contributed by atoms with Crippen molar-refractivity contribution in [3.05, 3.63) is 35.6 Å². The molecular weight excluding hydrogens is 387 g/mol. The summed E-state index contributed by atoms with van der Waals surface area (Å²) in [6.45, 7) is 13.8. The summed E-state index contributed by atoms with van der Waals surface area (Å²) in [6.07, 6.45) is -0.715. The van der Waals surface area contributed by atoms with Crippen molar-refractivity contribution in [1.29, 1.82) is 0 Å². The molecule has 1 aliphatic heterocycles. The second-order valence-corrected chi connectivity index (χ2v) is 9.44. The Hall–Kier alpha value is -1.54. The summed E-state index contributed by atoms with van der Waals surface area (Å²) in [4.78, 5) is 16.9. The van der Waals surface area contributed by atoms with Gasteiger partial charge in [-0.3, -0.25) is 9.69 Å². The molecule has 1 saturated heterocycles. The van der Waals surface area contributed by atoms with E-state index in [0.717, 1.165) is 6.54 Å². The Morgan fingerprint density at radius 1 is 1.33 bits per heavy atom. The molecule has 6 nitrogen and oxygen atoms in total. The molecule has 0 radical (unpaired) electrons. The van der Waals surface area contributed by atoms with Gasteiger partial charge in [-0.25, -0.2) is 4.39 Å². The Labute approximate surface area is 179 Å². The van der Waals surface area contributed by atoms with Crippen molar-refractivity contribution in [1.82, 2.24) is 9.80 Å². The van der Waals surface area contributed by atoms with Crippen LogP contribution in [0.4, 0.5) is 4.39 Å². The average Bonchev–Trinajstić information content (AvgIpc) is 2.65. The van der Waals surface area contributed by atoms with Crippen LogP contribution < -0.4 is 0 Å². The molecule has 1 aliphatic rings. The molecule has 30 heavy (non-hydrogen) atoms. The monoisotopic (exact) mass is 424 g/mol. The van der Waals surface area contributed by atoms with Gasteiger partial charge in [0, 0.05) is 38.3 Å². The largest absolute Gasteiger partial charge is 0.389 e. The summed E-state index contributed by atoms with van der Waals surface area (Å²) in [5, 5.41) is 10.3. The van der Waals surface area contributed by atoms with Crippen molar-refractivity contribution in [2.45, 2.75) is 52.4 Å². The first-order valence-corrected chi connectivity index (χ1v) is 10.7. The number of ether oxygens (including phenoxy) is 2. The normalized spacial score (nSPS) is 19.1. The van der Waals surface area contributed by atoms with E-state index in [1.165, 1.54) is 24.3 Å². The molecule has 0 aliphatic carbocycles. The summed E-state index contributed by atoms with van der Waals surface area (Å²) >= 11 is 0. The highest BCUT2D eigenvalue weighted by atomic mass is 19.1. The van der Waals surface area contributed by atoms with E-state index in [4.69, 9.17) is 9.47 Å². The van der Waals surface area contributed by atoms with E-state index in [0.29, 0.717) is 44.3 Å². The van der Waals surface area contributed by atoms with Gasteiger partial charge >= 0.3 is 0 Å². The number of hydrogen-bond donors (Lipinski definition) is 1. The maximum absolute atomic E-state index is 13.2. The SMILES string of the molecule is CC(C)CN(C[C@H]1CN(C[C@H](O)COC(C)(C)C)CCO1)C(=O)c1ccc(F)cc1. The molecule has 1 fully saturated rings. The molecule has 0 aromatic heterocycles. The van der Waals surface area contributed by atoms with E-state index in [9.17, 15) is 14.3 Å². The van der Waals surface area contributed by atoms with Gasteiger partial charge in [0.15, 0.2) is 0 Å². The van der Waals surface area contributed by atoms with Gasteiger partial charge in [-0.05, 0) is 51.0 Å². The molecule has 0 saturated carbocycles. The number of β-amino-alcohol motifs (C(OH)–C–C–N with tert-alkyl or cyclic N) is 1. The summed E-state index contributed by atoms with van der Waals surface area (Å²) in [6, 6.07) is 5.65. The third kappa shape index (κ3) is 8.68. The van der Waals surface area contributed by atoms with E-state index in [-0.39, 0.29) is 30.0 Å². The van der Waals surface area contributed by atoms with E-state index >= 15 is 0 Å². The molecular formula is C23H37FN2O4. The summed E-state index contributed by atoms with van der Waals surface area (Å²) in [5.41, 5.74) is 0.187. The van der Waals surface area contributed by atoms with Gasteiger partial charge in [0.2, 0.25) is 0 Å². The first-order valence-electron chi connectivity index (χ1n) is 10.7. The van der Waals surface area contributed by atoms with Gasteiger partial charge in [-0.2, -0.15) is 0 Å². The average molecular weight is 425 g/mol. The van der Waals surface area contributed by atoms with Crippen LogP contribution in [0, 0.1) is 11.7 Å². The number of benzene rings is 1. The number of halogens is 1. The van der Waals surface area contributed by atoms with Crippen molar-refractivity contribution in [2.75, 3.05) is 45.9 Å². The topological polar surface area (TPSA) is 62.2 Å². The van der Waals surface area contributed by atoms with Crippen LogP contribution in [0.5, 0.6) is 0 Å². The predicted octanol–water partition coefficient (Wildman–Crippen LogP) is 2.80. The van der Waals surface area contributed by atoms with E-state index in [2.05, 4.69) is 18.7 Å². The Balaban J connectivity index is 1.94. The number of hydrogen-bond acceptors (Lipinski definition) is 5. The molecule has 1 aromatic carbocycles. The minimum Gasteiger partial charge on any atom is -0.389 e. The molecule has 2 atom stereocenters. The molecule has 0 unspecified atom stereocenters. The van der Waals surface area contributed by atoms with Crippen molar-refractivity contribution >= 4 is 5.91 Å². The molecule has 0 spiro atoms. The highest BCUT2D eigenvalue weighted by Gasteiger charge is 2.27. The second-order valence-electron chi connectivity index (χ2n) is 9.44. The van der Waals surface area contributed by atoms with Crippen LogP contribution in [0.25, 0.3) is 0 Å². The van der Waals surface area contributed by atoms with Gasteiger partial charge in [0.25, 0.3) is 5.91 Å². The number of aliphatic hydroxyl groups is 1. The lowest BCUT2D eigenvalue weighted by Crippen LogP contribution is -2.51. The Morgan fingerprint density at radius 3 is 2.60 bits per heavy atom. The highest BCUT2D eigenvalue weighted by molar-refractivity contribution is 5.94. The van der Waals surface area contributed by atoms with Gasteiger partial charge < -0.3 is 19.5 Å². The molecule has 170 valence electrons. The molecule has 1 N–H and O–H groups in total. The zero-order valence-electron chi connectivity index (χ0n) is 18.9. The zero-order valence-corrected chi connectivity index (χ0v) is 18.9. The Kier molecular flexibility index (Phi) is 9.22. The van der Waals surface area contributed by atoms with Gasteiger partial charge in [-0.1, -0.05) is 13.8 Å². The Bertz CT molecular complexity index is 660. The van der Waals surface area contributed by atoms with Crippen LogP contribution in [0.15, 0.2) is 24.3 Å². The van der Waals surface area contributed by atoms with Crippen LogP contribution >= 0.6 is 0 Å². The minimum absolute atomic E-state index is 0.122. The maximum atomic E-state index is 13.2. The fourth-order valence-corrected chi connectivity index (χ4v) is 3.46. The first kappa shape index (κ1) is 24.7. The van der Waals surface area contributed by atoms with E-state index < -0.39 is 6.10 Å². The number of rotatable bonds is 9. The smallest absolute Gasteiger partial charge is 0.253 e. The van der Waals surface area contributed by atoms with Crippen LogP contribution in [-0.4, -0.2) is 84.6 Å². The highest BCUT2D eigenvalue weighted by Crippen LogP contribution is 2.14. The van der Waals surface area contributed by atoms with Gasteiger partial charge in [0.1, 0.15) is 5.82 Å². The van der Waals surface area contributed by atoms with Crippen LogP contribution in [-0.2, 0) is 9.47 Å². The number of morpholine rings is 1. The number of carbonyl (C=O) groups is 1. The lowest BCUT2D eigenvalue weighted by molar-refractivity contribution is -0.0783. The lowest BCUT2D eigenvalue weighted by Gasteiger charge is -2.37. The second kappa shape index (κ2) is 11.2. The zero-order chi connectivity index (χ0) is 22.3. The van der Waals surface area contributed by atoms with Crippen molar-refractivity contribution in [3.63, 3.8) is 0 Å². The molecule has 7 heteroatoms. The fraction of sp³-hybridized carbons (Fsp3) is 0.696. The summed E-state index contributed by atoms with van der Waals surface area (Å²) in [5.74, 6) is -0.185. The third-order valence-electron chi connectivity index (χ3n) is 4.79. The molecule has 1 amide bonds. The van der Waals surface area contributed by atoms with E-state index in [1.807, 2.05) is 20.8 Å². The number of nitrogens with zero attached hydrogens (tertiary/aromatic N) is 2. The standard InChI is InChI=1S/C23H37FN2O4/c1-17(2)12-26(22(28)18-6-8-19(24)9-7-18)15-21-14-25(10-11-29-21)13-20(27)16-30-23(3,4)5/h6-9,17,20-21,27H,10-16H2,1-5H3/t20-,21+/m0/s1.